The molecule has 29 heavy (non-hydrogen) atoms. The minimum atomic E-state index is 0.163. The molecule has 0 spiro atoms. The van der Waals surface area contributed by atoms with Crippen LogP contribution in [0.5, 0.6) is 0 Å². The van der Waals surface area contributed by atoms with Gasteiger partial charge >= 0.3 is 0 Å². The van der Waals surface area contributed by atoms with Gasteiger partial charge in [0.1, 0.15) is 0 Å². The zero-order chi connectivity index (χ0) is 20.1. The lowest BCUT2D eigenvalue weighted by atomic mass is 10.2. The minimum absolute atomic E-state index is 0.163. The fourth-order valence-corrected chi connectivity index (χ4v) is 4.52. The molecular formula is C20H27N5O3S. The number of hydrogen-bond donors (Lipinski definition) is 0. The van der Waals surface area contributed by atoms with Gasteiger partial charge in [-0.05, 0) is 30.8 Å². The molecule has 8 nitrogen and oxygen atoms in total. The predicted molar refractivity (Wildman–Crippen MR) is 109 cm³/mol. The highest BCUT2D eigenvalue weighted by Gasteiger charge is 2.24. The van der Waals surface area contributed by atoms with Gasteiger partial charge in [0.2, 0.25) is 23.5 Å². The average Bonchev–Trinajstić information content (AvgIpc) is 3.49. The summed E-state index contributed by atoms with van der Waals surface area (Å²) < 4.78 is 5.35. The highest BCUT2D eigenvalue weighted by Crippen LogP contribution is 2.21. The van der Waals surface area contributed by atoms with Gasteiger partial charge in [-0.25, -0.2) is 0 Å². The number of hydrogen-bond acceptors (Lipinski definition) is 7. The fraction of sp³-hybridized carbons (Fsp3) is 0.600. The number of piperazine rings is 1. The van der Waals surface area contributed by atoms with Crippen LogP contribution in [0.4, 0.5) is 0 Å². The molecule has 9 heteroatoms. The van der Waals surface area contributed by atoms with E-state index in [2.05, 4.69) is 15.0 Å². The van der Waals surface area contributed by atoms with Crippen LogP contribution in [0, 0.1) is 0 Å². The summed E-state index contributed by atoms with van der Waals surface area (Å²) in [5.74, 6) is 1.69. The molecule has 4 rings (SSSR count). The van der Waals surface area contributed by atoms with Crippen molar-refractivity contribution >= 4 is 23.2 Å². The quantitative estimate of drug-likeness (QED) is 0.652. The Bertz CT molecular complexity index is 814. The van der Waals surface area contributed by atoms with E-state index in [9.17, 15) is 9.59 Å². The van der Waals surface area contributed by atoms with E-state index in [0.717, 1.165) is 63.4 Å². The molecular weight excluding hydrogens is 390 g/mol. The van der Waals surface area contributed by atoms with Crippen LogP contribution in [-0.4, -0.2) is 82.5 Å². The summed E-state index contributed by atoms with van der Waals surface area (Å²) in [6.07, 6.45) is 3.71. The summed E-state index contributed by atoms with van der Waals surface area (Å²) in [5, 5.41) is 6.05. The Labute approximate surface area is 174 Å². The molecule has 156 valence electrons. The molecule has 4 heterocycles. The molecule has 0 aromatic carbocycles. The van der Waals surface area contributed by atoms with E-state index < -0.39 is 0 Å². The van der Waals surface area contributed by atoms with Crippen LogP contribution in [0.15, 0.2) is 22.0 Å². The Kier molecular flexibility index (Phi) is 6.56. The van der Waals surface area contributed by atoms with Crippen molar-refractivity contribution in [1.29, 1.82) is 0 Å². The maximum absolute atomic E-state index is 12.4. The van der Waals surface area contributed by atoms with Crippen molar-refractivity contribution in [2.45, 2.75) is 32.1 Å². The third-order valence-electron chi connectivity index (χ3n) is 5.57. The second-order valence-corrected chi connectivity index (χ2v) is 8.50. The zero-order valence-corrected chi connectivity index (χ0v) is 17.4. The van der Waals surface area contributed by atoms with Crippen LogP contribution >= 0.6 is 11.3 Å². The summed E-state index contributed by atoms with van der Waals surface area (Å²) in [7, 11) is 0. The van der Waals surface area contributed by atoms with E-state index in [1.165, 1.54) is 0 Å². The molecule has 0 aliphatic carbocycles. The molecule has 0 unspecified atom stereocenters. The van der Waals surface area contributed by atoms with Gasteiger partial charge in [0.15, 0.2) is 0 Å². The molecule has 2 aliphatic heterocycles. The van der Waals surface area contributed by atoms with Crippen molar-refractivity contribution in [2.24, 2.45) is 0 Å². The van der Waals surface area contributed by atoms with Crippen LogP contribution in [-0.2, 0) is 16.0 Å². The van der Waals surface area contributed by atoms with Crippen molar-refractivity contribution in [1.82, 2.24) is 24.8 Å². The van der Waals surface area contributed by atoms with Crippen molar-refractivity contribution in [2.75, 3.05) is 45.8 Å². The second kappa shape index (κ2) is 9.49. The molecule has 2 aromatic heterocycles. The number of amides is 2. The summed E-state index contributed by atoms with van der Waals surface area (Å²) in [6, 6.07) is 3.97. The molecule has 2 amide bonds. The van der Waals surface area contributed by atoms with Gasteiger partial charge in [-0.1, -0.05) is 11.2 Å². The van der Waals surface area contributed by atoms with Crippen LogP contribution in [0.1, 0.15) is 31.6 Å². The smallest absolute Gasteiger partial charge is 0.227 e. The topological polar surface area (TPSA) is 82.8 Å². The van der Waals surface area contributed by atoms with Gasteiger partial charge in [0.05, 0.1) is 4.88 Å². The number of carbonyl (C=O) groups is 2. The first kappa shape index (κ1) is 20.0. The van der Waals surface area contributed by atoms with Crippen LogP contribution in [0.2, 0.25) is 0 Å². The SMILES string of the molecule is O=C1CCCN1CCC(=O)N1CCN(CCCc2nc(-c3cccs3)no2)CC1. The molecule has 0 radical (unpaired) electrons. The Morgan fingerprint density at radius 3 is 2.76 bits per heavy atom. The normalized spacial score (nSPS) is 18.0. The van der Waals surface area contributed by atoms with E-state index in [1.807, 2.05) is 27.3 Å². The maximum atomic E-state index is 12.4. The second-order valence-electron chi connectivity index (χ2n) is 7.55. The molecule has 2 aromatic rings. The molecule has 2 saturated heterocycles. The first-order valence-corrected chi connectivity index (χ1v) is 11.2. The summed E-state index contributed by atoms with van der Waals surface area (Å²) in [6.45, 7) is 5.62. The average molecular weight is 418 g/mol. The Morgan fingerprint density at radius 1 is 1.17 bits per heavy atom. The number of aromatic nitrogens is 2. The van der Waals surface area contributed by atoms with Gasteiger partial charge in [-0.15, -0.1) is 11.3 Å². The third kappa shape index (κ3) is 5.22. The highest BCUT2D eigenvalue weighted by molar-refractivity contribution is 7.13. The minimum Gasteiger partial charge on any atom is -0.342 e. The number of thiophene rings is 1. The molecule has 0 N–H and O–H groups in total. The Hall–Kier alpha value is -2.26. The van der Waals surface area contributed by atoms with Gasteiger partial charge in [-0.3, -0.25) is 14.5 Å². The predicted octanol–water partition coefficient (Wildman–Crippen LogP) is 1.89. The largest absolute Gasteiger partial charge is 0.342 e. The number of nitrogens with zero attached hydrogens (tertiary/aromatic N) is 5. The number of carbonyl (C=O) groups excluding carboxylic acids is 2. The molecule has 0 bridgehead atoms. The molecule has 2 fully saturated rings. The van der Waals surface area contributed by atoms with E-state index in [0.29, 0.717) is 31.1 Å². The summed E-state index contributed by atoms with van der Waals surface area (Å²) >= 11 is 1.60. The zero-order valence-electron chi connectivity index (χ0n) is 16.6. The van der Waals surface area contributed by atoms with Crippen molar-refractivity contribution in [3.8, 4) is 10.7 Å². The summed E-state index contributed by atoms with van der Waals surface area (Å²) in [4.78, 5) is 35.7. The fourth-order valence-electron chi connectivity index (χ4n) is 3.87. The van der Waals surface area contributed by atoms with Gasteiger partial charge in [0, 0.05) is 58.5 Å². The van der Waals surface area contributed by atoms with Crippen molar-refractivity contribution < 1.29 is 14.1 Å². The number of rotatable bonds is 8. The van der Waals surface area contributed by atoms with Gasteiger partial charge in [0.25, 0.3) is 0 Å². The van der Waals surface area contributed by atoms with Crippen LogP contribution in [0.25, 0.3) is 10.7 Å². The Morgan fingerprint density at radius 2 is 2.03 bits per heavy atom. The lowest BCUT2D eigenvalue weighted by Crippen LogP contribution is -2.49. The lowest BCUT2D eigenvalue weighted by molar-refractivity contribution is -0.134. The highest BCUT2D eigenvalue weighted by atomic mass is 32.1. The van der Waals surface area contributed by atoms with Gasteiger partial charge < -0.3 is 14.3 Å². The Balaban J connectivity index is 1.13. The van der Waals surface area contributed by atoms with E-state index in [4.69, 9.17) is 4.52 Å². The van der Waals surface area contributed by atoms with E-state index in [1.54, 1.807) is 11.3 Å². The molecule has 2 aliphatic rings. The van der Waals surface area contributed by atoms with E-state index in [-0.39, 0.29) is 11.8 Å². The summed E-state index contributed by atoms with van der Waals surface area (Å²) in [5.41, 5.74) is 0. The van der Waals surface area contributed by atoms with Crippen LogP contribution in [0.3, 0.4) is 0 Å². The maximum Gasteiger partial charge on any atom is 0.227 e. The monoisotopic (exact) mass is 417 g/mol. The third-order valence-corrected chi connectivity index (χ3v) is 6.43. The molecule has 0 atom stereocenters. The lowest BCUT2D eigenvalue weighted by Gasteiger charge is -2.35. The number of aryl methyl sites for hydroxylation is 1. The van der Waals surface area contributed by atoms with Crippen LogP contribution < -0.4 is 0 Å². The standard InChI is InChI=1S/C20H27N5O3S/c26-18-6-2-9-24(18)10-7-19(27)25-13-11-23(12-14-25)8-1-5-17-21-20(22-28-17)16-4-3-15-29-16/h3-4,15H,1-2,5-14H2. The first-order chi connectivity index (χ1) is 14.2. The first-order valence-electron chi connectivity index (χ1n) is 10.3. The van der Waals surface area contributed by atoms with Crippen molar-refractivity contribution in [3.63, 3.8) is 0 Å². The van der Waals surface area contributed by atoms with E-state index >= 15 is 0 Å². The van der Waals surface area contributed by atoms with Gasteiger partial charge in [-0.2, -0.15) is 4.98 Å². The number of likely N-dealkylation sites (tertiary alicyclic amines) is 1. The molecule has 0 saturated carbocycles. The van der Waals surface area contributed by atoms with Crippen molar-refractivity contribution in [3.05, 3.63) is 23.4 Å².